The van der Waals surface area contributed by atoms with E-state index in [1.807, 2.05) is 48.5 Å². The van der Waals surface area contributed by atoms with E-state index < -0.39 is 0 Å². The van der Waals surface area contributed by atoms with Gasteiger partial charge in [-0.15, -0.1) is 0 Å². The number of benzene rings is 2. The summed E-state index contributed by atoms with van der Waals surface area (Å²) in [6.07, 6.45) is 1.78. The van der Waals surface area contributed by atoms with Gasteiger partial charge in [0.05, 0.1) is 12.6 Å². The van der Waals surface area contributed by atoms with Crippen LogP contribution in [-0.2, 0) is 16.6 Å². The van der Waals surface area contributed by atoms with E-state index in [0.717, 1.165) is 21.4 Å². The molecule has 1 N–H and O–H groups in total. The zero-order valence-corrected chi connectivity index (χ0v) is 17.8. The molecule has 0 atom stereocenters. The molecule has 0 fully saturated rings. The van der Waals surface area contributed by atoms with E-state index in [9.17, 15) is 4.79 Å². The summed E-state index contributed by atoms with van der Waals surface area (Å²) >= 11 is 3.41. The maximum absolute atomic E-state index is 12.1. The quantitative estimate of drug-likeness (QED) is 0.410. The van der Waals surface area contributed by atoms with E-state index in [2.05, 4.69) is 59.4 Å². The lowest BCUT2D eigenvalue weighted by Crippen LogP contribution is -2.20. The molecule has 0 bridgehead atoms. The molecular weight excluding hydrogens is 416 g/mol. The van der Waals surface area contributed by atoms with Crippen LogP contribution in [0.25, 0.3) is 11.3 Å². The van der Waals surface area contributed by atoms with Crippen molar-refractivity contribution < 1.29 is 9.21 Å². The van der Waals surface area contributed by atoms with Gasteiger partial charge in [0.25, 0.3) is 0 Å². The highest BCUT2D eigenvalue weighted by molar-refractivity contribution is 9.10. The third-order valence-electron chi connectivity index (χ3n) is 4.32. The maximum atomic E-state index is 12.1. The summed E-state index contributed by atoms with van der Waals surface area (Å²) in [6.45, 7) is 6.50. The Labute approximate surface area is 173 Å². The first kappa shape index (κ1) is 20.1. The summed E-state index contributed by atoms with van der Waals surface area (Å²) in [5.41, 5.74) is 5.82. The van der Waals surface area contributed by atoms with E-state index in [1.165, 1.54) is 11.8 Å². The highest BCUT2D eigenvalue weighted by Gasteiger charge is 2.13. The minimum atomic E-state index is -0.167. The molecule has 0 aliphatic rings. The predicted octanol–water partition coefficient (Wildman–Crippen LogP) is 5.70. The van der Waals surface area contributed by atoms with Crippen LogP contribution in [0.15, 0.2) is 74.7 Å². The number of carbonyl (C=O) groups is 1. The number of rotatable bonds is 5. The van der Waals surface area contributed by atoms with Crippen molar-refractivity contribution >= 4 is 28.1 Å². The van der Waals surface area contributed by atoms with Crippen LogP contribution in [0.4, 0.5) is 0 Å². The molecular formula is C23H23BrN2O2. The van der Waals surface area contributed by atoms with Crippen LogP contribution in [0.1, 0.15) is 37.7 Å². The topological polar surface area (TPSA) is 54.6 Å². The summed E-state index contributed by atoms with van der Waals surface area (Å²) in [7, 11) is 0. The number of nitrogens with one attached hydrogen (secondary N) is 1. The molecule has 28 heavy (non-hydrogen) atoms. The normalized spacial score (nSPS) is 11.7. The zero-order chi connectivity index (χ0) is 20.1. The van der Waals surface area contributed by atoms with Gasteiger partial charge in [0.2, 0.25) is 5.91 Å². The van der Waals surface area contributed by atoms with Gasteiger partial charge in [0.1, 0.15) is 11.5 Å². The Morgan fingerprint density at radius 2 is 1.71 bits per heavy atom. The summed E-state index contributed by atoms with van der Waals surface area (Å²) in [5.74, 6) is 1.16. The molecule has 4 nitrogen and oxygen atoms in total. The van der Waals surface area contributed by atoms with Gasteiger partial charge in [-0.3, -0.25) is 4.79 Å². The second kappa shape index (κ2) is 8.57. The van der Waals surface area contributed by atoms with Crippen molar-refractivity contribution in [1.82, 2.24) is 5.43 Å². The second-order valence-electron chi connectivity index (χ2n) is 7.63. The number of carbonyl (C=O) groups excluding carboxylic acids is 1. The third-order valence-corrected chi connectivity index (χ3v) is 4.85. The van der Waals surface area contributed by atoms with Gasteiger partial charge in [-0.05, 0) is 40.8 Å². The number of halogens is 1. The fraction of sp³-hybridized carbons (Fsp3) is 0.217. The molecule has 0 aliphatic heterocycles. The second-order valence-corrected chi connectivity index (χ2v) is 8.54. The lowest BCUT2D eigenvalue weighted by atomic mass is 9.86. The molecule has 1 aromatic heterocycles. The molecule has 0 spiro atoms. The van der Waals surface area contributed by atoms with Crippen LogP contribution in [0.5, 0.6) is 0 Å². The van der Waals surface area contributed by atoms with Crippen molar-refractivity contribution in [1.29, 1.82) is 0 Å². The molecule has 3 aromatic rings. The smallest absolute Gasteiger partial charge is 0.244 e. The minimum absolute atomic E-state index is 0.100. The molecule has 0 unspecified atom stereocenters. The lowest BCUT2D eigenvalue weighted by Gasteiger charge is -2.19. The molecule has 2 aromatic carbocycles. The monoisotopic (exact) mass is 438 g/mol. The summed E-state index contributed by atoms with van der Waals surface area (Å²) in [4.78, 5) is 12.1. The van der Waals surface area contributed by atoms with Gasteiger partial charge in [0, 0.05) is 10.0 Å². The van der Waals surface area contributed by atoms with E-state index in [0.29, 0.717) is 5.76 Å². The van der Waals surface area contributed by atoms with Crippen LogP contribution >= 0.6 is 15.9 Å². The Morgan fingerprint density at radius 1 is 1.04 bits per heavy atom. The Bertz CT molecular complexity index is 965. The number of furan rings is 1. The number of hydrogen-bond donors (Lipinski definition) is 1. The van der Waals surface area contributed by atoms with Crippen LogP contribution in [-0.4, -0.2) is 12.1 Å². The molecule has 1 heterocycles. The summed E-state index contributed by atoms with van der Waals surface area (Å²) in [6, 6.07) is 19.7. The summed E-state index contributed by atoms with van der Waals surface area (Å²) < 4.78 is 6.75. The average Bonchev–Trinajstić information content (AvgIpc) is 3.11. The van der Waals surface area contributed by atoms with Crippen LogP contribution in [0.2, 0.25) is 0 Å². The van der Waals surface area contributed by atoms with E-state index in [-0.39, 0.29) is 17.7 Å². The van der Waals surface area contributed by atoms with Crippen LogP contribution in [0.3, 0.4) is 0 Å². The van der Waals surface area contributed by atoms with E-state index in [1.54, 1.807) is 0 Å². The van der Waals surface area contributed by atoms with Gasteiger partial charge >= 0.3 is 0 Å². The molecule has 0 saturated heterocycles. The Morgan fingerprint density at radius 3 is 2.36 bits per heavy atom. The Hall–Kier alpha value is -2.66. The lowest BCUT2D eigenvalue weighted by molar-refractivity contribution is -0.120. The first-order valence-corrected chi connectivity index (χ1v) is 9.88. The van der Waals surface area contributed by atoms with E-state index in [4.69, 9.17) is 4.42 Å². The zero-order valence-electron chi connectivity index (χ0n) is 16.2. The van der Waals surface area contributed by atoms with Crippen molar-refractivity contribution in [2.75, 3.05) is 0 Å². The van der Waals surface area contributed by atoms with Gasteiger partial charge in [-0.2, -0.15) is 5.10 Å². The van der Waals surface area contributed by atoms with Gasteiger partial charge in [0.15, 0.2) is 0 Å². The molecule has 0 radical (unpaired) electrons. The molecule has 144 valence electrons. The Balaban J connectivity index is 1.54. The van der Waals surface area contributed by atoms with Crippen molar-refractivity contribution in [3.05, 3.63) is 82.0 Å². The Kier molecular flexibility index (Phi) is 6.15. The average molecular weight is 439 g/mol. The standard InChI is InChI=1S/C23H23BrN2O2/c1-23(2,3)18-8-4-16(5-9-18)14-22(27)26-25-15-20-12-13-21(28-20)17-6-10-19(24)11-7-17/h4-13,15H,14H2,1-3H3,(H,26,27)/b25-15-. The largest absolute Gasteiger partial charge is 0.455 e. The number of amides is 1. The van der Waals surface area contributed by atoms with Gasteiger partial charge < -0.3 is 4.42 Å². The van der Waals surface area contributed by atoms with E-state index >= 15 is 0 Å². The molecule has 0 saturated carbocycles. The molecule has 1 amide bonds. The van der Waals surface area contributed by atoms with Crippen LogP contribution in [0, 0.1) is 0 Å². The van der Waals surface area contributed by atoms with Crippen LogP contribution < -0.4 is 5.43 Å². The van der Waals surface area contributed by atoms with Crippen molar-refractivity contribution in [2.24, 2.45) is 5.10 Å². The first-order valence-electron chi connectivity index (χ1n) is 9.08. The number of hydrazone groups is 1. The van der Waals surface area contributed by atoms with Crippen molar-refractivity contribution in [2.45, 2.75) is 32.6 Å². The summed E-state index contributed by atoms with van der Waals surface area (Å²) in [5, 5.41) is 3.99. The fourth-order valence-electron chi connectivity index (χ4n) is 2.71. The predicted molar refractivity (Wildman–Crippen MR) is 116 cm³/mol. The maximum Gasteiger partial charge on any atom is 0.244 e. The SMILES string of the molecule is CC(C)(C)c1ccc(CC(=O)N/N=C\c2ccc(-c3ccc(Br)cc3)o2)cc1. The third kappa shape index (κ3) is 5.42. The van der Waals surface area contributed by atoms with Gasteiger partial charge in [-0.25, -0.2) is 5.43 Å². The van der Waals surface area contributed by atoms with Crippen molar-refractivity contribution in [3.8, 4) is 11.3 Å². The number of nitrogens with zero attached hydrogens (tertiary/aromatic N) is 1. The van der Waals surface area contributed by atoms with Gasteiger partial charge in [-0.1, -0.05) is 73.1 Å². The fourth-order valence-corrected chi connectivity index (χ4v) is 2.97. The number of hydrogen-bond acceptors (Lipinski definition) is 3. The highest BCUT2D eigenvalue weighted by atomic mass is 79.9. The highest BCUT2D eigenvalue weighted by Crippen LogP contribution is 2.24. The minimum Gasteiger partial charge on any atom is -0.455 e. The van der Waals surface area contributed by atoms with Crippen molar-refractivity contribution in [3.63, 3.8) is 0 Å². The molecule has 0 aliphatic carbocycles. The first-order chi connectivity index (χ1) is 13.3. The molecule has 5 heteroatoms. The molecule has 3 rings (SSSR count).